The number of nitrogens with zero attached hydrogens (tertiary/aromatic N) is 7. The number of alkyl halides is 4. The first-order chi connectivity index (χ1) is 22.8. The van der Waals surface area contributed by atoms with Gasteiger partial charge in [-0.05, 0) is 39.3 Å². The molecule has 48 heavy (non-hydrogen) atoms. The van der Waals surface area contributed by atoms with Crippen LogP contribution in [0.1, 0.15) is 49.0 Å². The number of hydrogen-bond donors (Lipinski definition) is 2. The van der Waals surface area contributed by atoms with E-state index in [1.807, 2.05) is 11.8 Å². The summed E-state index contributed by atoms with van der Waals surface area (Å²) in [5, 5.41) is -0.0755. The number of hydrogen-bond acceptors (Lipinski definition) is 11. The van der Waals surface area contributed by atoms with Crippen LogP contribution in [-0.2, 0) is 6.18 Å². The van der Waals surface area contributed by atoms with Crippen LogP contribution >= 0.6 is 0 Å². The molecule has 7 rings (SSSR count). The predicted molar refractivity (Wildman–Crippen MR) is 163 cm³/mol. The molecule has 254 valence electrons. The lowest BCUT2D eigenvalue weighted by atomic mass is 9.95. The van der Waals surface area contributed by atoms with E-state index >= 15 is 8.78 Å². The molecule has 3 aliphatic rings. The number of anilines is 3. The summed E-state index contributed by atoms with van der Waals surface area (Å²) in [6, 6.07) is 2.62. The van der Waals surface area contributed by atoms with E-state index in [9.17, 15) is 17.6 Å². The molecule has 3 atom stereocenters. The second kappa shape index (κ2) is 11.5. The van der Waals surface area contributed by atoms with Crippen LogP contribution in [0, 0.1) is 18.6 Å². The fourth-order valence-corrected chi connectivity index (χ4v) is 7.24. The summed E-state index contributed by atoms with van der Waals surface area (Å²) in [4.78, 5) is 24.4. The molecule has 17 heteroatoms. The van der Waals surface area contributed by atoms with E-state index in [1.165, 1.54) is 6.20 Å². The van der Waals surface area contributed by atoms with Crippen LogP contribution in [0.5, 0.6) is 11.9 Å². The van der Waals surface area contributed by atoms with Crippen LogP contribution in [0.15, 0.2) is 18.3 Å². The van der Waals surface area contributed by atoms with Crippen LogP contribution in [0.4, 0.5) is 43.8 Å². The van der Waals surface area contributed by atoms with Gasteiger partial charge in [-0.15, -0.1) is 0 Å². The molecule has 4 aromatic rings. The Balaban J connectivity index is 1.45. The maximum absolute atomic E-state index is 16.8. The predicted octanol–water partition coefficient (Wildman–Crippen LogP) is 5.17. The highest BCUT2D eigenvalue weighted by Crippen LogP contribution is 2.47. The Morgan fingerprint density at radius 1 is 1.10 bits per heavy atom. The van der Waals surface area contributed by atoms with Gasteiger partial charge in [0.2, 0.25) is 5.88 Å². The first-order valence-electron chi connectivity index (χ1n) is 15.3. The lowest BCUT2D eigenvalue weighted by Gasteiger charge is -2.32. The Morgan fingerprint density at radius 2 is 1.90 bits per heavy atom. The molecule has 7 heterocycles. The normalized spacial score (nSPS) is 21.7. The minimum atomic E-state index is -5.15. The summed E-state index contributed by atoms with van der Waals surface area (Å²) in [5.74, 6) is -3.85. The van der Waals surface area contributed by atoms with Crippen LogP contribution in [0.3, 0.4) is 0 Å². The number of pyridine rings is 3. The van der Waals surface area contributed by atoms with Crippen molar-refractivity contribution in [2.75, 3.05) is 49.2 Å². The third kappa shape index (κ3) is 5.14. The number of ether oxygens (including phenoxy) is 2. The third-order valence-electron chi connectivity index (χ3n) is 9.44. The monoisotopic (exact) mass is 675 g/mol. The first kappa shape index (κ1) is 31.9. The molecule has 0 saturated carbocycles. The highest BCUT2D eigenvalue weighted by Gasteiger charge is 2.49. The molecule has 0 aromatic carbocycles. The van der Waals surface area contributed by atoms with Crippen molar-refractivity contribution >= 4 is 28.4 Å². The van der Waals surface area contributed by atoms with E-state index in [0.29, 0.717) is 18.5 Å². The highest BCUT2D eigenvalue weighted by molar-refractivity contribution is 5.97. The zero-order chi connectivity index (χ0) is 34.1. The number of halogens is 6. The third-order valence-corrected chi connectivity index (χ3v) is 9.44. The molecule has 2 fully saturated rings. The summed E-state index contributed by atoms with van der Waals surface area (Å²) in [6.07, 6.45) is -2.93. The summed E-state index contributed by atoms with van der Waals surface area (Å²) in [6.45, 7) is 3.80. The minimum Gasteiger partial charge on any atom is -0.475 e. The van der Waals surface area contributed by atoms with E-state index in [0.717, 1.165) is 13.3 Å². The fourth-order valence-electron chi connectivity index (χ4n) is 7.24. The molecule has 11 nitrogen and oxygen atoms in total. The molecular weight excluding hydrogens is 644 g/mol. The van der Waals surface area contributed by atoms with Crippen LogP contribution < -0.4 is 25.8 Å². The molecule has 0 unspecified atom stereocenters. The zero-order valence-electron chi connectivity index (χ0n) is 25.9. The number of nitrogens with two attached hydrogens (primary N) is 2. The van der Waals surface area contributed by atoms with Gasteiger partial charge in [-0.2, -0.15) is 23.1 Å². The molecular formula is C31H31F6N9O2. The number of rotatable bonds is 6. The van der Waals surface area contributed by atoms with Crippen LogP contribution in [0.2, 0.25) is 0 Å². The van der Waals surface area contributed by atoms with Crippen molar-refractivity contribution in [2.45, 2.75) is 57.0 Å². The van der Waals surface area contributed by atoms with Crippen molar-refractivity contribution in [1.29, 1.82) is 0 Å². The van der Waals surface area contributed by atoms with E-state index < -0.39 is 69.4 Å². The SMILES string of the molecule is Cc1nc(N)c(F)c(-c2nc3c4c(nc(OC[C@@]56CCCN5C[C@H](F)C6)nc4c2F)N([C@H](C)c2cccnc2N)CCO3)c1C(F)(F)F. The molecule has 4 aromatic heterocycles. The smallest absolute Gasteiger partial charge is 0.418 e. The standard InChI is InChI=1S/C31H31F6N9O2/c1-14-20(31(35,36)37)18(21(33)26(39)41-14)23-22(34)24-19-27(44-29(43-24)48-13-30-6-4-8-45(30)12-16(32)11-30)46(9-10-47-28(19)42-23)15(2)17-5-3-7-40-25(17)38/h3,5,7,15-16H,4,6,8-13H2,1-2H3,(H2,38,40)(H2,39,41)/t15-,16-,30+/m1/s1. The van der Waals surface area contributed by atoms with E-state index in [4.69, 9.17) is 20.9 Å². The Bertz CT molecular complexity index is 1930. The number of aromatic nitrogens is 5. The van der Waals surface area contributed by atoms with Crippen molar-refractivity contribution in [3.05, 3.63) is 46.8 Å². The van der Waals surface area contributed by atoms with Gasteiger partial charge in [0.15, 0.2) is 17.5 Å². The van der Waals surface area contributed by atoms with Crippen molar-refractivity contribution in [3.8, 4) is 23.1 Å². The first-order valence-corrected chi connectivity index (χ1v) is 15.3. The van der Waals surface area contributed by atoms with E-state index in [2.05, 4.69) is 24.9 Å². The zero-order valence-corrected chi connectivity index (χ0v) is 25.9. The van der Waals surface area contributed by atoms with Gasteiger partial charge in [0.05, 0.1) is 34.9 Å². The van der Waals surface area contributed by atoms with Crippen LogP contribution in [0.25, 0.3) is 22.2 Å². The minimum absolute atomic E-state index is 0.0146. The fraction of sp³-hybridized carbons (Fsp3) is 0.452. The van der Waals surface area contributed by atoms with E-state index in [-0.39, 0.29) is 61.6 Å². The summed E-state index contributed by atoms with van der Waals surface area (Å²) in [5.41, 5.74) is 6.81. The van der Waals surface area contributed by atoms with Gasteiger partial charge < -0.3 is 25.8 Å². The van der Waals surface area contributed by atoms with Gasteiger partial charge in [0, 0.05) is 24.7 Å². The second-order valence-electron chi connectivity index (χ2n) is 12.3. The van der Waals surface area contributed by atoms with Gasteiger partial charge in [-0.3, -0.25) is 4.90 Å². The Morgan fingerprint density at radius 3 is 2.65 bits per heavy atom. The van der Waals surface area contributed by atoms with Crippen LogP contribution in [-0.4, -0.2) is 74.4 Å². The van der Waals surface area contributed by atoms with Crippen molar-refractivity contribution in [3.63, 3.8) is 0 Å². The summed E-state index contributed by atoms with van der Waals surface area (Å²) >= 11 is 0. The second-order valence-corrected chi connectivity index (χ2v) is 12.3. The molecule has 0 radical (unpaired) electrons. The largest absolute Gasteiger partial charge is 0.475 e. The number of aryl methyl sites for hydroxylation is 1. The lowest BCUT2D eigenvalue weighted by Crippen LogP contribution is -2.43. The molecule has 3 aliphatic heterocycles. The Hall–Kier alpha value is -4.67. The Kier molecular flexibility index (Phi) is 7.64. The van der Waals surface area contributed by atoms with Gasteiger partial charge in [0.25, 0.3) is 0 Å². The molecule has 0 amide bonds. The van der Waals surface area contributed by atoms with Crippen molar-refractivity contribution in [1.82, 2.24) is 29.8 Å². The summed E-state index contributed by atoms with van der Waals surface area (Å²) < 4.78 is 102. The van der Waals surface area contributed by atoms with Crippen molar-refractivity contribution in [2.24, 2.45) is 0 Å². The number of fused-ring (bicyclic) bond motifs is 1. The van der Waals surface area contributed by atoms with Crippen molar-refractivity contribution < 1.29 is 35.8 Å². The maximum atomic E-state index is 16.8. The molecule has 0 aliphatic carbocycles. The van der Waals surface area contributed by atoms with Gasteiger partial charge in [0.1, 0.15) is 47.6 Å². The highest BCUT2D eigenvalue weighted by atomic mass is 19.4. The average Bonchev–Trinajstić information content (AvgIpc) is 3.48. The summed E-state index contributed by atoms with van der Waals surface area (Å²) in [7, 11) is 0. The maximum Gasteiger partial charge on any atom is 0.418 e. The van der Waals surface area contributed by atoms with Gasteiger partial charge in [-0.1, -0.05) is 6.07 Å². The topological polar surface area (TPSA) is 141 Å². The lowest BCUT2D eigenvalue weighted by molar-refractivity contribution is -0.138. The quantitative estimate of drug-likeness (QED) is 0.262. The molecule has 4 N–H and O–H groups in total. The average molecular weight is 676 g/mol. The van der Waals surface area contributed by atoms with Gasteiger partial charge >= 0.3 is 12.2 Å². The van der Waals surface area contributed by atoms with E-state index in [1.54, 1.807) is 17.0 Å². The number of nitrogen functional groups attached to an aromatic ring is 2. The molecule has 0 bridgehead atoms. The van der Waals surface area contributed by atoms with Gasteiger partial charge in [-0.25, -0.2) is 28.1 Å². The molecule has 2 saturated heterocycles. The molecule has 0 spiro atoms. The Labute approximate surface area is 270 Å².